The highest BCUT2D eigenvalue weighted by atomic mass is 32.1. The fourth-order valence-electron chi connectivity index (χ4n) is 2.71. The third-order valence-electron chi connectivity index (χ3n) is 3.95. The smallest absolute Gasteiger partial charge is 0.261 e. The molecule has 1 unspecified atom stereocenters. The molecule has 0 radical (unpaired) electrons. The number of hydrogen-bond acceptors (Lipinski definition) is 5. The first-order chi connectivity index (χ1) is 11.0. The van der Waals surface area contributed by atoms with Gasteiger partial charge in [-0.25, -0.2) is 4.68 Å². The van der Waals surface area contributed by atoms with Crippen LogP contribution in [-0.2, 0) is 17.9 Å². The molecule has 1 atom stereocenters. The largest absolute Gasteiger partial charge is 0.349 e. The molecule has 0 saturated heterocycles. The number of carbonyl (C=O) groups excluding carboxylic acids is 2. The lowest BCUT2D eigenvalue weighted by Gasteiger charge is -2.26. The maximum Gasteiger partial charge on any atom is 0.261 e. The van der Waals surface area contributed by atoms with Gasteiger partial charge in [0.25, 0.3) is 5.91 Å². The summed E-state index contributed by atoms with van der Waals surface area (Å²) in [4.78, 5) is 24.9. The molecule has 7 nitrogen and oxygen atoms in total. The number of fused-ring (bicyclic) bond motifs is 1. The lowest BCUT2D eigenvalue weighted by Crippen LogP contribution is -2.42. The van der Waals surface area contributed by atoms with Crippen LogP contribution in [-0.4, -0.2) is 26.8 Å². The minimum atomic E-state index is -0.352. The van der Waals surface area contributed by atoms with E-state index in [4.69, 9.17) is 0 Å². The van der Waals surface area contributed by atoms with Crippen molar-refractivity contribution in [1.29, 1.82) is 0 Å². The minimum absolute atomic E-state index is 0.0396. The van der Waals surface area contributed by atoms with Gasteiger partial charge in [0.15, 0.2) is 0 Å². The molecule has 0 aromatic carbocycles. The number of nitrogens with one attached hydrogen (secondary N) is 2. The molecule has 3 rings (SSSR count). The van der Waals surface area contributed by atoms with Crippen molar-refractivity contribution in [2.75, 3.05) is 0 Å². The SMILES string of the molecule is Cc1ccsc1C(=O)NCc1nnn2c1CNC(=O)C2C(C)C. The number of nitrogens with zero attached hydrogens (tertiary/aromatic N) is 3. The Morgan fingerprint density at radius 2 is 2.35 bits per heavy atom. The Balaban J connectivity index is 1.76. The van der Waals surface area contributed by atoms with Gasteiger partial charge in [-0.05, 0) is 29.9 Å². The summed E-state index contributed by atoms with van der Waals surface area (Å²) >= 11 is 1.42. The summed E-state index contributed by atoms with van der Waals surface area (Å²) in [6, 6.07) is 1.57. The molecule has 3 heterocycles. The van der Waals surface area contributed by atoms with Crippen LogP contribution in [0.15, 0.2) is 11.4 Å². The Kier molecular flexibility index (Phi) is 4.16. The van der Waals surface area contributed by atoms with Gasteiger partial charge in [-0.15, -0.1) is 16.4 Å². The van der Waals surface area contributed by atoms with E-state index >= 15 is 0 Å². The minimum Gasteiger partial charge on any atom is -0.349 e. The summed E-state index contributed by atoms with van der Waals surface area (Å²) in [5.41, 5.74) is 2.51. The molecule has 1 aliphatic heterocycles. The Labute approximate surface area is 138 Å². The standard InChI is InChI=1S/C15H19N5O2S/c1-8(2)12-14(21)17-7-11-10(18-19-20(11)12)6-16-15(22)13-9(3)4-5-23-13/h4-5,8,12H,6-7H2,1-3H3,(H,16,22)(H,17,21). The molecule has 0 fully saturated rings. The lowest BCUT2D eigenvalue weighted by molar-refractivity contribution is -0.127. The van der Waals surface area contributed by atoms with Crippen LogP contribution >= 0.6 is 11.3 Å². The van der Waals surface area contributed by atoms with Gasteiger partial charge in [-0.1, -0.05) is 19.1 Å². The highest BCUT2D eigenvalue weighted by Crippen LogP contribution is 2.24. The number of carbonyl (C=O) groups is 2. The van der Waals surface area contributed by atoms with Crippen molar-refractivity contribution in [3.05, 3.63) is 33.3 Å². The molecule has 2 N–H and O–H groups in total. The van der Waals surface area contributed by atoms with Gasteiger partial charge < -0.3 is 10.6 Å². The zero-order valence-electron chi connectivity index (χ0n) is 13.3. The molecule has 2 amide bonds. The summed E-state index contributed by atoms with van der Waals surface area (Å²) in [6.07, 6.45) is 0. The van der Waals surface area contributed by atoms with Crippen LogP contribution in [0, 0.1) is 12.8 Å². The monoisotopic (exact) mass is 333 g/mol. The highest BCUT2D eigenvalue weighted by Gasteiger charge is 2.32. The van der Waals surface area contributed by atoms with Gasteiger partial charge in [-0.3, -0.25) is 9.59 Å². The summed E-state index contributed by atoms with van der Waals surface area (Å²) < 4.78 is 1.68. The molecule has 0 bridgehead atoms. The molecule has 8 heteroatoms. The lowest BCUT2D eigenvalue weighted by atomic mass is 10.0. The van der Waals surface area contributed by atoms with Crippen LogP contribution in [0.5, 0.6) is 0 Å². The van der Waals surface area contributed by atoms with Crippen LogP contribution in [0.1, 0.15) is 46.5 Å². The van der Waals surface area contributed by atoms with Gasteiger partial charge in [0.2, 0.25) is 5.91 Å². The number of amides is 2. The Bertz CT molecular complexity index is 749. The van der Waals surface area contributed by atoms with Crippen LogP contribution in [0.3, 0.4) is 0 Å². The first-order valence-corrected chi connectivity index (χ1v) is 8.40. The van der Waals surface area contributed by atoms with Crippen LogP contribution in [0.4, 0.5) is 0 Å². The van der Waals surface area contributed by atoms with E-state index < -0.39 is 0 Å². The Morgan fingerprint density at radius 3 is 3.00 bits per heavy atom. The van der Waals surface area contributed by atoms with E-state index in [0.717, 1.165) is 11.3 Å². The number of rotatable bonds is 4. The summed E-state index contributed by atoms with van der Waals surface area (Å²) in [5.74, 6) is -0.0336. The van der Waals surface area contributed by atoms with Gasteiger partial charge in [0, 0.05) is 0 Å². The van der Waals surface area contributed by atoms with Gasteiger partial charge in [0.1, 0.15) is 11.7 Å². The number of aryl methyl sites for hydroxylation is 1. The molecule has 2 aromatic rings. The van der Waals surface area contributed by atoms with Crippen molar-refractivity contribution in [3.63, 3.8) is 0 Å². The quantitative estimate of drug-likeness (QED) is 0.885. The number of hydrogen-bond donors (Lipinski definition) is 2. The highest BCUT2D eigenvalue weighted by molar-refractivity contribution is 7.12. The van der Waals surface area contributed by atoms with Crippen molar-refractivity contribution in [2.24, 2.45) is 5.92 Å². The average Bonchev–Trinajstić information content (AvgIpc) is 3.10. The van der Waals surface area contributed by atoms with Crippen LogP contribution in [0.2, 0.25) is 0 Å². The molecule has 2 aromatic heterocycles. The van der Waals surface area contributed by atoms with Crippen molar-refractivity contribution in [2.45, 2.75) is 39.9 Å². The van der Waals surface area contributed by atoms with Crippen molar-refractivity contribution >= 4 is 23.2 Å². The third kappa shape index (κ3) is 2.86. The molecular formula is C15H19N5O2S. The fourth-order valence-corrected chi connectivity index (χ4v) is 3.55. The van der Waals surface area contributed by atoms with E-state index in [0.29, 0.717) is 23.7 Å². The summed E-state index contributed by atoms with van der Waals surface area (Å²) in [6.45, 7) is 6.54. The first-order valence-electron chi connectivity index (χ1n) is 7.52. The molecule has 23 heavy (non-hydrogen) atoms. The maximum atomic E-state index is 12.2. The third-order valence-corrected chi connectivity index (χ3v) is 4.97. The van der Waals surface area contributed by atoms with Crippen LogP contribution < -0.4 is 10.6 Å². The second-order valence-electron chi connectivity index (χ2n) is 5.95. The van der Waals surface area contributed by atoms with E-state index in [1.807, 2.05) is 32.2 Å². The molecular weight excluding hydrogens is 314 g/mol. The van der Waals surface area contributed by atoms with E-state index in [2.05, 4.69) is 20.9 Å². The predicted octanol–water partition coefficient (Wildman–Crippen LogP) is 1.40. The van der Waals surface area contributed by atoms with Crippen LogP contribution in [0.25, 0.3) is 0 Å². The first kappa shape index (κ1) is 15.7. The molecule has 122 valence electrons. The molecule has 1 aliphatic rings. The normalized spacial score (nSPS) is 17.0. The Morgan fingerprint density at radius 1 is 1.57 bits per heavy atom. The van der Waals surface area contributed by atoms with E-state index in [-0.39, 0.29) is 23.8 Å². The summed E-state index contributed by atoms with van der Waals surface area (Å²) in [5, 5.41) is 15.9. The van der Waals surface area contributed by atoms with Crippen molar-refractivity contribution in [3.8, 4) is 0 Å². The molecule has 0 saturated carbocycles. The number of thiophene rings is 1. The second kappa shape index (κ2) is 6.11. The molecule has 0 spiro atoms. The summed E-state index contributed by atoms with van der Waals surface area (Å²) in [7, 11) is 0. The Hall–Kier alpha value is -2.22. The van der Waals surface area contributed by atoms with Gasteiger partial charge >= 0.3 is 0 Å². The fraction of sp³-hybridized carbons (Fsp3) is 0.467. The predicted molar refractivity (Wildman–Crippen MR) is 86.0 cm³/mol. The van der Waals surface area contributed by atoms with E-state index in [1.54, 1.807) is 4.68 Å². The van der Waals surface area contributed by atoms with E-state index in [1.165, 1.54) is 11.3 Å². The average molecular weight is 333 g/mol. The molecule has 0 aliphatic carbocycles. The zero-order valence-corrected chi connectivity index (χ0v) is 14.1. The van der Waals surface area contributed by atoms with Crippen molar-refractivity contribution in [1.82, 2.24) is 25.6 Å². The van der Waals surface area contributed by atoms with Crippen molar-refractivity contribution < 1.29 is 9.59 Å². The maximum absolute atomic E-state index is 12.2. The number of aromatic nitrogens is 3. The van der Waals surface area contributed by atoms with Gasteiger partial charge in [-0.2, -0.15) is 0 Å². The second-order valence-corrected chi connectivity index (χ2v) is 6.87. The van der Waals surface area contributed by atoms with Gasteiger partial charge in [0.05, 0.1) is 23.7 Å². The zero-order chi connectivity index (χ0) is 16.6. The topological polar surface area (TPSA) is 88.9 Å². The van der Waals surface area contributed by atoms with E-state index in [9.17, 15) is 9.59 Å².